The topological polar surface area (TPSA) is 61.4 Å². The number of carbonyl (C=O) groups excluding carboxylic acids is 2. The summed E-state index contributed by atoms with van der Waals surface area (Å²) < 4.78 is 76.3. The fraction of sp³-hybridized carbons (Fsp3) is 0.222. The van der Waals surface area contributed by atoms with Gasteiger partial charge < -0.3 is 10.6 Å². The molecular formula is C18H12ClF6N3O2. The molecular weight excluding hydrogens is 440 g/mol. The summed E-state index contributed by atoms with van der Waals surface area (Å²) in [7, 11) is 0. The van der Waals surface area contributed by atoms with Gasteiger partial charge in [0, 0.05) is 17.3 Å². The lowest BCUT2D eigenvalue weighted by Crippen LogP contribution is -2.54. The fourth-order valence-corrected chi connectivity index (χ4v) is 3.14. The Kier molecular flexibility index (Phi) is 5.59. The smallest absolute Gasteiger partial charge is 0.356 e. The third-order valence-corrected chi connectivity index (χ3v) is 4.58. The van der Waals surface area contributed by atoms with Crippen molar-refractivity contribution < 1.29 is 35.9 Å². The van der Waals surface area contributed by atoms with Crippen molar-refractivity contribution in [2.24, 2.45) is 0 Å². The summed E-state index contributed by atoms with van der Waals surface area (Å²) >= 11 is 5.58. The SMILES string of the molecule is O=C(NCC(F)(F)F)c1ccc(C2=CC=CN3C(=O)C(Cl)=C(C(F)(F)F)NC23)cc1. The molecule has 160 valence electrons. The van der Waals surface area contributed by atoms with E-state index in [1.54, 1.807) is 5.32 Å². The van der Waals surface area contributed by atoms with Crippen molar-refractivity contribution in [2.75, 3.05) is 6.54 Å². The van der Waals surface area contributed by atoms with Gasteiger partial charge in [0.1, 0.15) is 23.4 Å². The zero-order valence-electron chi connectivity index (χ0n) is 14.7. The Bertz CT molecular complexity index is 964. The molecule has 2 aliphatic rings. The molecule has 0 saturated carbocycles. The van der Waals surface area contributed by atoms with Gasteiger partial charge in [-0.15, -0.1) is 0 Å². The second kappa shape index (κ2) is 7.71. The molecule has 0 spiro atoms. The molecule has 2 N–H and O–H groups in total. The maximum absolute atomic E-state index is 13.2. The Labute approximate surface area is 170 Å². The molecule has 0 saturated heterocycles. The highest BCUT2D eigenvalue weighted by atomic mass is 35.5. The predicted molar refractivity (Wildman–Crippen MR) is 94.7 cm³/mol. The molecule has 30 heavy (non-hydrogen) atoms. The molecule has 2 aliphatic heterocycles. The molecule has 0 radical (unpaired) electrons. The first-order valence-corrected chi connectivity index (χ1v) is 8.66. The summed E-state index contributed by atoms with van der Waals surface area (Å²) in [5.41, 5.74) is -0.834. The summed E-state index contributed by atoms with van der Waals surface area (Å²) in [5, 5.41) is 2.92. The van der Waals surface area contributed by atoms with Crippen molar-refractivity contribution in [2.45, 2.75) is 18.5 Å². The molecule has 1 atom stereocenters. The lowest BCUT2D eigenvalue weighted by molar-refractivity contribution is -0.131. The summed E-state index contributed by atoms with van der Waals surface area (Å²) in [5.74, 6) is -2.00. The van der Waals surface area contributed by atoms with E-state index < -0.39 is 47.6 Å². The fourth-order valence-electron chi connectivity index (χ4n) is 2.88. The molecule has 2 heterocycles. The van der Waals surface area contributed by atoms with Crippen LogP contribution in [0.2, 0.25) is 0 Å². The Balaban J connectivity index is 1.84. The van der Waals surface area contributed by atoms with Crippen molar-refractivity contribution >= 4 is 29.0 Å². The largest absolute Gasteiger partial charge is 0.432 e. The summed E-state index contributed by atoms with van der Waals surface area (Å²) in [6.07, 6.45) is -6.51. The lowest BCUT2D eigenvalue weighted by Gasteiger charge is -2.39. The highest BCUT2D eigenvalue weighted by Crippen LogP contribution is 2.36. The van der Waals surface area contributed by atoms with Gasteiger partial charge in [0.25, 0.3) is 11.8 Å². The van der Waals surface area contributed by atoms with Crippen LogP contribution >= 0.6 is 11.6 Å². The summed E-state index contributed by atoms with van der Waals surface area (Å²) in [4.78, 5) is 25.0. The van der Waals surface area contributed by atoms with Gasteiger partial charge in [-0.2, -0.15) is 26.3 Å². The van der Waals surface area contributed by atoms with Gasteiger partial charge in [-0.25, -0.2) is 0 Å². The minimum absolute atomic E-state index is 0.0709. The maximum Gasteiger partial charge on any atom is 0.432 e. The van der Waals surface area contributed by atoms with Gasteiger partial charge in [0.05, 0.1) is 0 Å². The van der Waals surface area contributed by atoms with Gasteiger partial charge in [0.15, 0.2) is 0 Å². The van der Waals surface area contributed by atoms with Crippen molar-refractivity contribution in [3.05, 3.63) is 64.5 Å². The summed E-state index contributed by atoms with van der Waals surface area (Å²) in [6.45, 7) is -1.50. The molecule has 2 amide bonds. The van der Waals surface area contributed by atoms with Crippen molar-refractivity contribution in [3.63, 3.8) is 0 Å². The second-order valence-corrected chi connectivity index (χ2v) is 6.66. The van der Waals surface area contributed by atoms with Gasteiger partial charge >= 0.3 is 12.4 Å². The second-order valence-electron chi connectivity index (χ2n) is 6.28. The number of hydrogen-bond donors (Lipinski definition) is 2. The number of alkyl halides is 6. The number of nitrogens with one attached hydrogen (secondary N) is 2. The molecule has 1 aromatic rings. The van der Waals surface area contributed by atoms with Gasteiger partial charge in [0.2, 0.25) is 0 Å². The van der Waals surface area contributed by atoms with E-state index in [1.807, 2.05) is 0 Å². The average molecular weight is 452 g/mol. The molecule has 1 aromatic carbocycles. The van der Waals surface area contributed by atoms with Crippen LogP contribution < -0.4 is 10.6 Å². The monoisotopic (exact) mass is 451 g/mol. The van der Waals surface area contributed by atoms with E-state index in [4.69, 9.17) is 11.6 Å². The van der Waals surface area contributed by atoms with E-state index in [0.29, 0.717) is 5.56 Å². The number of halogens is 7. The number of allylic oxidation sites excluding steroid dienone is 3. The van der Waals surface area contributed by atoms with Crippen LogP contribution in [0.25, 0.3) is 5.57 Å². The van der Waals surface area contributed by atoms with E-state index in [2.05, 4.69) is 5.32 Å². The lowest BCUT2D eigenvalue weighted by atomic mass is 9.97. The zero-order valence-corrected chi connectivity index (χ0v) is 15.5. The van der Waals surface area contributed by atoms with E-state index in [0.717, 1.165) is 4.90 Å². The van der Waals surface area contributed by atoms with Crippen LogP contribution in [0.1, 0.15) is 15.9 Å². The molecule has 1 unspecified atom stereocenters. The number of hydrogen-bond acceptors (Lipinski definition) is 3. The summed E-state index contributed by atoms with van der Waals surface area (Å²) in [6, 6.07) is 5.15. The normalized spacial score (nSPS) is 19.3. The van der Waals surface area contributed by atoms with Crippen LogP contribution in [-0.2, 0) is 4.79 Å². The first kappa shape index (κ1) is 21.8. The Morgan fingerprint density at radius 3 is 2.33 bits per heavy atom. The maximum atomic E-state index is 13.2. The van der Waals surface area contributed by atoms with Crippen molar-refractivity contribution in [1.82, 2.24) is 15.5 Å². The number of benzene rings is 1. The average Bonchev–Trinajstić information content (AvgIpc) is 2.67. The molecule has 0 aromatic heterocycles. The number of amides is 2. The quantitative estimate of drug-likeness (QED) is 0.690. The third-order valence-electron chi connectivity index (χ3n) is 4.23. The predicted octanol–water partition coefficient (Wildman–Crippen LogP) is 3.66. The van der Waals surface area contributed by atoms with Crippen LogP contribution in [0.4, 0.5) is 26.3 Å². The Morgan fingerprint density at radius 2 is 1.77 bits per heavy atom. The molecule has 0 bridgehead atoms. The van der Waals surface area contributed by atoms with Gasteiger partial charge in [-0.1, -0.05) is 29.8 Å². The minimum Gasteiger partial charge on any atom is -0.356 e. The standard InChI is InChI=1S/C18H12ClF6N3O2/c19-12-13(18(23,24)25)27-14-11(2-1-7-28(14)16(12)30)9-3-5-10(6-4-9)15(29)26-8-17(20,21)22/h1-7,14,27H,8H2,(H,26,29). The molecule has 12 heteroatoms. The first-order valence-electron chi connectivity index (χ1n) is 8.28. The number of rotatable bonds is 3. The van der Waals surface area contributed by atoms with Crippen LogP contribution in [0.5, 0.6) is 0 Å². The number of fused-ring (bicyclic) bond motifs is 1. The highest BCUT2D eigenvalue weighted by Gasteiger charge is 2.46. The van der Waals surface area contributed by atoms with Gasteiger partial charge in [-0.3, -0.25) is 14.5 Å². The van der Waals surface area contributed by atoms with E-state index in [1.165, 1.54) is 42.6 Å². The van der Waals surface area contributed by atoms with Crippen LogP contribution in [0.3, 0.4) is 0 Å². The molecule has 5 nitrogen and oxygen atoms in total. The van der Waals surface area contributed by atoms with Crippen LogP contribution in [-0.4, -0.2) is 41.8 Å². The third kappa shape index (κ3) is 4.45. The Morgan fingerprint density at radius 1 is 1.13 bits per heavy atom. The molecule has 0 aliphatic carbocycles. The van der Waals surface area contributed by atoms with Gasteiger partial charge in [-0.05, 0) is 23.8 Å². The Hall–Kier alpha value is -2.95. The van der Waals surface area contributed by atoms with Crippen LogP contribution in [0, 0.1) is 0 Å². The van der Waals surface area contributed by atoms with Crippen molar-refractivity contribution in [3.8, 4) is 0 Å². The van der Waals surface area contributed by atoms with E-state index >= 15 is 0 Å². The van der Waals surface area contributed by atoms with E-state index in [9.17, 15) is 35.9 Å². The molecule has 0 fully saturated rings. The number of carbonyl (C=O) groups is 2. The first-order chi connectivity index (χ1) is 13.9. The zero-order chi connectivity index (χ0) is 22.3. The molecule has 3 rings (SSSR count). The highest BCUT2D eigenvalue weighted by molar-refractivity contribution is 6.43. The van der Waals surface area contributed by atoms with E-state index in [-0.39, 0.29) is 11.1 Å². The van der Waals surface area contributed by atoms with Crippen molar-refractivity contribution in [1.29, 1.82) is 0 Å². The minimum atomic E-state index is -4.88. The number of nitrogens with zero attached hydrogens (tertiary/aromatic N) is 1. The van der Waals surface area contributed by atoms with Crippen LogP contribution in [0.15, 0.2) is 53.3 Å².